The van der Waals surface area contributed by atoms with Crippen LogP contribution in [-0.4, -0.2) is 12.1 Å². The van der Waals surface area contributed by atoms with Crippen molar-refractivity contribution in [1.29, 1.82) is 0 Å². The summed E-state index contributed by atoms with van der Waals surface area (Å²) >= 11 is 6.99. The average molecular weight is 307 g/mol. The molecule has 4 heteroatoms. The van der Waals surface area contributed by atoms with E-state index in [1.165, 1.54) is 18.4 Å². The van der Waals surface area contributed by atoms with Gasteiger partial charge in [-0.3, -0.25) is 0 Å². The predicted octanol–water partition coefficient (Wildman–Crippen LogP) is 3.49. The minimum absolute atomic E-state index is 0.634. The quantitative estimate of drug-likeness (QED) is 0.834. The largest absolute Gasteiger partial charge is 0.481 e. The van der Waals surface area contributed by atoms with E-state index in [1.54, 1.807) is 13.3 Å². The number of methoxy groups -OCH3 is 1. The zero-order valence-electron chi connectivity index (χ0n) is 7.18. The van der Waals surface area contributed by atoms with Crippen molar-refractivity contribution in [3.8, 4) is 5.88 Å². The van der Waals surface area contributed by atoms with Crippen molar-refractivity contribution >= 4 is 31.9 Å². The fraction of sp³-hybridized carbons (Fsp3) is 0.444. The molecule has 2 nitrogen and oxygen atoms in total. The van der Waals surface area contributed by atoms with Crippen molar-refractivity contribution in [2.75, 3.05) is 7.11 Å². The standard InChI is InChI=1S/C9H9Br2NO/c1-13-9-7(5-2-3-5)8(11)6(10)4-12-9/h4-5H,2-3H2,1H3. The molecule has 1 heterocycles. The first-order chi connectivity index (χ1) is 6.24. The molecule has 0 aromatic carbocycles. The van der Waals surface area contributed by atoms with Crippen LogP contribution in [0.4, 0.5) is 0 Å². The molecule has 0 atom stereocenters. The lowest BCUT2D eigenvalue weighted by molar-refractivity contribution is 0.392. The normalized spacial score (nSPS) is 15.9. The molecular formula is C9H9Br2NO. The Kier molecular flexibility index (Phi) is 2.60. The SMILES string of the molecule is COc1ncc(Br)c(Br)c1C1CC1. The van der Waals surface area contributed by atoms with Crippen molar-refractivity contribution in [2.45, 2.75) is 18.8 Å². The maximum Gasteiger partial charge on any atom is 0.217 e. The summed E-state index contributed by atoms with van der Waals surface area (Å²) in [4.78, 5) is 4.22. The van der Waals surface area contributed by atoms with Gasteiger partial charge in [-0.25, -0.2) is 4.98 Å². The molecule has 1 aromatic heterocycles. The lowest BCUT2D eigenvalue weighted by atomic mass is 10.2. The molecule has 0 saturated heterocycles. The molecule has 2 rings (SSSR count). The summed E-state index contributed by atoms with van der Waals surface area (Å²) in [5.41, 5.74) is 1.21. The molecular weight excluding hydrogens is 298 g/mol. The molecule has 70 valence electrons. The van der Waals surface area contributed by atoms with Crippen LogP contribution >= 0.6 is 31.9 Å². The molecule has 1 aromatic rings. The third-order valence-electron chi connectivity index (χ3n) is 2.15. The van der Waals surface area contributed by atoms with E-state index in [1.807, 2.05) is 0 Å². The van der Waals surface area contributed by atoms with E-state index in [0.29, 0.717) is 5.92 Å². The maximum absolute atomic E-state index is 5.22. The molecule has 0 N–H and O–H groups in total. The van der Waals surface area contributed by atoms with Crippen LogP contribution < -0.4 is 4.74 Å². The first-order valence-corrected chi connectivity index (χ1v) is 5.70. The maximum atomic E-state index is 5.22. The van der Waals surface area contributed by atoms with Crippen LogP contribution in [0.15, 0.2) is 15.1 Å². The topological polar surface area (TPSA) is 22.1 Å². The molecule has 1 fully saturated rings. The average Bonchev–Trinajstić information content (AvgIpc) is 2.92. The van der Waals surface area contributed by atoms with Crippen LogP contribution in [0.5, 0.6) is 5.88 Å². The highest BCUT2D eigenvalue weighted by Crippen LogP contribution is 2.48. The van der Waals surface area contributed by atoms with E-state index in [0.717, 1.165) is 14.8 Å². The van der Waals surface area contributed by atoms with E-state index in [-0.39, 0.29) is 0 Å². The number of aromatic nitrogens is 1. The summed E-state index contributed by atoms with van der Waals surface area (Å²) in [6.45, 7) is 0. The smallest absolute Gasteiger partial charge is 0.217 e. The molecule has 0 aliphatic heterocycles. The van der Waals surface area contributed by atoms with E-state index >= 15 is 0 Å². The number of rotatable bonds is 2. The van der Waals surface area contributed by atoms with E-state index in [2.05, 4.69) is 36.8 Å². The Labute approximate surface area is 94.0 Å². The van der Waals surface area contributed by atoms with Gasteiger partial charge >= 0.3 is 0 Å². The molecule has 0 bridgehead atoms. The fourth-order valence-electron chi connectivity index (χ4n) is 1.35. The van der Waals surface area contributed by atoms with Crippen LogP contribution in [0.3, 0.4) is 0 Å². The molecule has 1 aliphatic carbocycles. The van der Waals surface area contributed by atoms with Crippen molar-refractivity contribution < 1.29 is 4.74 Å². The highest BCUT2D eigenvalue weighted by Gasteiger charge is 2.30. The molecule has 1 aliphatic rings. The minimum atomic E-state index is 0.634. The minimum Gasteiger partial charge on any atom is -0.481 e. The number of ether oxygens (including phenoxy) is 1. The number of pyridine rings is 1. The van der Waals surface area contributed by atoms with Crippen LogP contribution in [0.1, 0.15) is 24.3 Å². The van der Waals surface area contributed by atoms with E-state index in [9.17, 15) is 0 Å². The highest BCUT2D eigenvalue weighted by atomic mass is 79.9. The van der Waals surface area contributed by atoms with Crippen LogP contribution in [-0.2, 0) is 0 Å². The van der Waals surface area contributed by atoms with Crippen molar-refractivity contribution in [3.63, 3.8) is 0 Å². The second-order valence-electron chi connectivity index (χ2n) is 3.12. The van der Waals surface area contributed by atoms with Gasteiger partial charge < -0.3 is 4.74 Å². The van der Waals surface area contributed by atoms with Gasteiger partial charge in [-0.1, -0.05) is 0 Å². The zero-order valence-corrected chi connectivity index (χ0v) is 10.4. The van der Waals surface area contributed by atoms with E-state index < -0.39 is 0 Å². The summed E-state index contributed by atoms with van der Waals surface area (Å²) in [6.07, 6.45) is 4.25. The Hall–Kier alpha value is -0.0900. The first kappa shape index (κ1) is 9.46. The Balaban J connectivity index is 2.52. The number of halogens is 2. The molecule has 0 radical (unpaired) electrons. The molecule has 0 spiro atoms. The van der Waals surface area contributed by atoms with Gasteiger partial charge in [-0.05, 0) is 50.6 Å². The van der Waals surface area contributed by atoms with Gasteiger partial charge in [-0.2, -0.15) is 0 Å². The second kappa shape index (κ2) is 3.58. The van der Waals surface area contributed by atoms with Gasteiger partial charge in [0.15, 0.2) is 0 Å². The second-order valence-corrected chi connectivity index (χ2v) is 4.76. The van der Waals surface area contributed by atoms with Gasteiger partial charge in [0, 0.05) is 16.2 Å². The fourth-order valence-corrected chi connectivity index (χ4v) is 2.26. The number of nitrogens with zero attached hydrogens (tertiary/aromatic N) is 1. The van der Waals surface area contributed by atoms with Crippen molar-refractivity contribution in [2.24, 2.45) is 0 Å². The first-order valence-electron chi connectivity index (χ1n) is 4.12. The third kappa shape index (κ3) is 1.74. The molecule has 13 heavy (non-hydrogen) atoms. The summed E-state index contributed by atoms with van der Waals surface area (Å²) in [5, 5.41) is 0. The lowest BCUT2D eigenvalue weighted by Crippen LogP contribution is -1.95. The van der Waals surface area contributed by atoms with Gasteiger partial charge in [0.1, 0.15) is 0 Å². The Morgan fingerprint density at radius 3 is 2.69 bits per heavy atom. The Morgan fingerprint density at radius 1 is 1.46 bits per heavy atom. The number of hydrogen-bond donors (Lipinski definition) is 0. The number of hydrogen-bond acceptors (Lipinski definition) is 2. The highest BCUT2D eigenvalue weighted by molar-refractivity contribution is 9.13. The van der Waals surface area contributed by atoms with Gasteiger partial charge in [0.05, 0.1) is 11.6 Å². The van der Waals surface area contributed by atoms with Gasteiger partial charge in [0.2, 0.25) is 5.88 Å². The summed E-state index contributed by atoms with van der Waals surface area (Å²) < 4.78 is 7.30. The Morgan fingerprint density at radius 2 is 2.15 bits per heavy atom. The van der Waals surface area contributed by atoms with Crippen LogP contribution in [0.25, 0.3) is 0 Å². The summed E-state index contributed by atoms with van der Waals surface area (Å²) in [5.74, 6) is 1.38. The summed E-state index contributed by atoms with van der Waals surface area (Å²) in [7, 11) is 1.66. The third-order valence-corrected chi connectivity index (χ3v) is 4.14. The van der Waals surface area contributed by atoms with Gasteiger partial charge in [-0.15, -0.1) is 0 Å². The van der Waals surface area contributed by atoms with E-state index in [4.69, 9.17) is 4.74 Å². The Bertz CT molecular complexity index is 337. The predicted molar refractivity (Wildman–Crippen MR) is 58.2 cm³/mol. The van der Waals surface area contributed by atoms with Crippen LogP contribution in [0.2, 0.25) is 0 Å². The van der Waals surface area contributed by atoms with Crippen molar-refractivity contribution in [1.82, 2.24) is 4.98 Å². The van der Waals surface area contributed by atoms with Crippen molar-refractivity contribution in [3.05, 3.63) is 20.7 Å². The summed E-state index contributed by atoms with van der Waals surface area (Å²) in [6, 6.07) is 0. The monoisotopic (exact) mass is 305 g/mol. The van der Waals surface area contributed by atoms with Gasteiger partial charge in [0.25, 0.3) is 0 Å². The molecule has 1 saturated carbocycles. The molecule has 0 unspecified atom stereocenters. The lowest BCUT2D eigenvalue weighted by Gasteiger charge is -2.09. The zero-order chi connectivity index (χ0) is 9.42. The molecule has 0 amide bonds. The van der Waals surface area contributed by atoms with Crippen LogP contribution in [0, 0.1) is 0 Å².